The number of hydrazone groups is 1. The van der Waals surface area contributed by atoms with Crippen LogP contribution in [0, 0.1) is 18.4 Å². The van der Waals surface area contributed by atoms with E-state index >= 15 is 0 Å². The Morgan fingerprint density at radius 3 is 2.67 bits per heavy atom. The van der Waals surface area contributed by atoms with Crippen molar-refractivity contribution in [2.24, 2.45) is 16.9 Å². The van der Waals surface area contributed by atoms with Crippen LogP contribution < -0.4 is 5.01 Å². The van der Waals surface area contributed by atoms with E-state index in [0.717, 1.165) is 42.7 Å². The molecule has 0 saturated heterocycles. The minimum Gasteiger partial charge on any atom is -0.477 e. The molecule has 2 unspecified atom stereocenters. The first-order valence-corrected chi connectivity index (χ1v) is 10.6. The van der Waals surface area contributed by atoms with Crippen molar-refractivity contribution in [2.45, 2.75) is 44.6 Å². The molecule has 0 aromatic carbocycles. The summed E-state index contributed by atoms with van der Waals surface area (Å²) in [5, 5.41) is 16.4. The number of carbonyl (C=O) groups is 1. The molecule has 1 saturated carbocycles. The van der Waals surface area contributed by atoms with Gasteiger partial charge < -0.3 is 5.11 Å². The van der Waals surface area contributed by atoms with Crippen LogP contribution in [-0.2, 0) is 6.42 Å². The van der Waals surface area contributed by atoms with E-state index in [1.54, 1.807) is 12.1 Å². The Morgan fingerprint density at radius 1 is 1.17 bits per heavy atom. The molecular weight excluding hydrogens is 402 g/mol. The first-order chi connectivity index (χ1) is 14.6. The predicted octanol–water partition coefficient (Wildman–Crippen LogP) is 4.72. The fraction of sp³-hybridized carbons (Fsp3) is 0.409. The average molecular weight is 422 g/mol. The van der Waals surface area contributed by atoms with Crippen molar-refractivity contribution >= 4 is 34.8 Å². The summed E-state index contributed by atoms with van der Waals surface area (Å²) >= 11 is 6.23. The molecule has 0 radical (unpaired) electrons. The molecule has 2 atom stereocenters. The van der Waals surface area contributed by atoms with Crippen molar-refractivity contribution in [3.63, 3.8) is 0 Å². The van der Waals surface area contributed by atoms with Crippen molar-refractivity contribution in [1.82, 2.24) is 9.97 Å². The van der Waals surface area contributed by atoms with Gasteiger partial charge in [-0.1, -0.05) is 24.4 Å². The number of carboxylic acids is 1. The lowest BCUT2D eigenvalue weighted by molar-refractivity contribution is 0.0690. The summed E-state index contributed by atoms with van der Waals surface area (Å²) in [4.78, 5) is 23.6. The lowest BCUT2D eigenvalue weighted by Crippen LogP contribution is -2.41. The summed E-state index contributed by atoms with van der Waals surface area (Å²) in [5.41, 5.74) is 3.10. The third-order valence-corrected chi connectivity index (χ3v) is 6.75. The molecule has 2 aromatic heterocycles. The molecule has 5 rings (SSSR count). The monoisotopic (exact) mass is 421 g/mol. The van der Waals surface area contributed by atoms with Gasteiger partial charge in [0, 0.05) is 11.5 Å². The van der Waals surface area contributed by atoms with E-state index < -0.39 is 5.97 Å². The third kappa shape index (κ3) is 3.03. The smallest absolute Gasteiger partial charge is 0.354 e. The molecule has 2 aromatic rings. The minimum absolute atomic E-state index is 0.0678. The molecular formula is C22H20ClN5O2. The van der Waals surface area contributed by atoms with Gasteiger partial charge in [0.25, 0.3) is 0 Å². The highest BCUT2D eigenvalue weighted by molar-refractivity contribution is 6.32. The Labute approximate surface area is 179 Å². The molecule has 8 heteroatoms. The van der Waals surface area contributed by atoms with Gasteiger partial charge in [-0.2, -0.15) is 5.10 Å². The highest BCUT2D eigenvalue weighted by Gasteiger charge is 2.46. The second-order valence-electron chi connectivity index (χ2n) is 8.10. The number of aryl methyl sites for hydroxylation is 1. The Kier molecular flexibility index (Phi) is 4.67. The predicted molar refractivity (Wildman–Crippen MR) is 113 cm³/mol. The summed E-state index contributed by atoms with van der Waals surface area (Å²) < 4.78 is 0. The lowest BCUT2D eigenvalue weighted by atomic mass is 9.76. The molecule has 152 valence electrons. The van der Waals surface area contributed by atoms with Gasteiger partial charge in [0.15, 0.2) is 0 Å². The van der Waals surface area contributed by atoms with Gasteiger partial charge >= 0.3 is 5.97 Å². The molecule has 0 bridgehead atoms. The first kappa shape index (κ1) is 19.0. The molecule has 1 fully saturated rings. The fourth-order valence-corrected chi connectivity index (χ4v) is 5.34. The summed E-state index contributed by atoms with van der Waals surface area (Å²) in [6.45, 7) is 7.21. The highest BCUT2D eigenvalue weighted by Crippen LogP contribution is 2.44. The number of pyridine rings is 2. The number of anilines is 1. The standard InChI is InChI=1S/C22H20ClN5O2/c1-24-16-10-11-18(26-21(16)23)28-20(12-4-2-3-5-12)14-7-8-15-13(19(14)27-28)6-9-17(25-15)22(29)30/h6,9-12,14,20H,2-5,7-8H2,(H,29,30). The zero-order valence-corrected chi connectivity index (χ0v) is 17.0. The second-order valence-corrected chi connectivity index (χ2v) is 8.46. The third-order valence-electron chi connectivity index (χ3n) is 6.48. The molecule has 3 aliphatic rings. The van der Waals surface area contributed by atoms with Gasteiger partial charge in [-0.15, -0.1) is 0 Å². The van der Waals surface area contributed by atoms with E-state index in [0.29, 0.717) is 17.4 Å². The van der Waals surface area contributed by atoms with Gasteiger partial charge in [-0.3, -0.25) is 0 Å². The fourth-order valence-electron chi connectivity index (χ4n) is 5.15. The van der Waals surface area contributed by atoms with Gasteiger partial charge in [-0.05, 0) is 55.9 Å². The summed E-state index contributed by atoms with van der Waals surface area (Å²) in [6.07, 6.45) is 6.40. The molecule has 1 aliphatic heterocycles. The van der Waals surface area contributed by atoms with Gasteiger partial charge in [0.2, 0.25) is 5.69 Å². The molecule has 3 heterocycles. The summed E-state index contributed by atoms with van der Waals surface area (Å²) in [7, 11) is 0. The number of hydrogen-bond donors (Lipinski definition) is 1. The first-order valence-electron chi connectivity index (χ1n) is 10.2. The van der Waals surface area contributed by atoms with Crippen LogP contribution in [-0.4, -0.2) is 32.8 Å². The molecule has 1 N–H and O–H groups in total. The largest absolute Gasteiger partial charge is 0.477 e. The van der Waals surface area contributed by atoms with Gasteiger partial charge in [0.05, 0.1) is 24.0 Å². The molecule has 0 spiro atoms. The van der Waals surface area contributed by atoms with Crippen LogP contribution in [0.3, 0.4) is 0 Å². The number of hydrogen-bond acceptors (Lipinski definition) is 5. The van der Waals surface area contributed by atoms with Crippen molar-refractivity contribution in [3.8, 4) is 0 Å². The van der Waals surface area contributed by atoms with E-state index in [4.69, 9.17) is 23.3 Å². The van der Waals surface area contributed by atoms with Crippen LogP contribution >= 0.6 is 11.6 Å². The summed E-state index contributed by atoms with van der Waals surface area (Å²) in [6, 6.07) is 7.10. The van der Waals surface area contributed by atoms with Crippen LogP contribution in [0.2, 0.25) is 5.15 Å². The van der Waals surface area contributed by atoms with E-state index in [1.165, 1.54) is 12.8 Å². The number of aromatic carboxylic acids is 1. The zero-order chi connectivity index (χ0) is 20.8. The SMILES string of the molecule is [C-]#[N+]c1ccc(N2N=C3c4ccc(C(=O)O)nc4CCC3C2C2CCCC2)nc1Cl. The number of rotatable bonds is 3. The second kappa shape index (κ2) is 7.37. The maximum absolute atomic E-state index is 11.3. The maximum Gasteiger partial charge on any atom is 0.354 e. The Balaban J connectivity index is 1.59. The quantitative estimate of drug-likeness (QED) is 0.572. The maximum atomic E-state index is 11.3. The van der Waals surface area contributed by atoms with E-state index in [1.807, 2.05) is 17.1 Å². The number of fused-ring (bicyclic) bond motifs is 3. The van der Waals surface area contributed by atoms with Crippen LogP contribution in [0.15, 0.2) is 29.4 Å². The number of nitrogens with zero attached hydrogens (tertiary/aromatic N) is 5. The number of aromatic nitrogens is 2. The van der Waals surface area contributed by atoms with E-state index in [9.17, 15) is 9.90 Å². The normalized spacial score (nSPS) is 22.9. The zero-order valence-electron chi connectivity index (χ0n) is 16.3. The van der Waals surface area contributed by atoms with Crippen molar-refractivity contribution in [1.29, 1.82) is 0 Å². The lowest BCUT2D eigenvalue weighted by Gasteiger charge is -2.33. The molecule has 30 heavy (non-hydrogen) atoms. The van der Waals surface area contributed by atoms with Crippen LogP contribution in [0.25, 0.3) is 4.85 Å². The van der Waals surface area contributed by atoms with Crippen molar-refractivity contribution < 1.29 is 9.90 Å². The number of carboxylic acid groups (broad SMARTS) is 1. The van der Waals surface area contributed by atoms with E-state index in [-0.39, 0.29) is 22.8 Å². The average Bonchev–Trinajstić information content (AvgIpc) is 3.40. The molecule has 0 amide bonds. The van der Waals surface area contributed by atoms with Crippen molar-refractivity contribution in [2.75, 3.05) is 5.01 Å². The Morgan fingerprint density at radius 2 is 1.97 bits per heavy atom. The molecule has 7 nitrogen and oxygen atoms in total. The van der Waals surface area contributed by atoms with E-state index in [2.05, 4.69) is 14.8 Å². The van der Waals surface area contributed by atoms with Crippen LogP contribution in [0.4, 0.5) is 11.5 Å². The Bertz CT molecular complexity index is 1100. The van der Waals surface area contributed by atoms with Crippen LogP contribution in [0.1, 0.15) is 53.8 Å². The Hall–Kier alpha value is -2.98. The topological polar surface area (TPSA) is 83.0 Å². The summed E-state index contributed by atoms with van der Waals surface area (Å²) in [5.74, 6) is 0.407. The number of halogens is 1. The van der Waals surface area contributed by atoms with Gasteiger partial charge in [0.1, 0.15) is 16.7 Å². The van der Waals surface area contributed by atoms with Gasteiger partial charge in [-0.25, -0.2) is 24.6 Å². The van der Waals surface area contributed by atoms with Crippen LogP contribution in [0.5, 0.6) is 0 Å². The molecule has 2 aliphatic carbocycles. The van der Waals surface area contributed by atoms with Crippen molar-refractivity contribution in [3.05, 3.63) is 57.8 Å². The minimum atomic E-state index is -1.02. The highest BCUT2D eigenvalue weighted by atomic mass is 35.5.